The second kappa shape index (κ2) is 14.3. The molecule has 0 aliphatic rings. The van der Waals surface area contributed by atoms with Gasteiger partial charge in [0, 0.05) is 22.3 Å². The fraction of sp³-hybridized carbons (Fsp3) is 0. The van der Waals surface area contributed by atoms with E-state index in [9.17, 15) is 0 Å². The molecule has 0 saturated carbocycles. The molecule has 0 unspecified atom stereocenters. The quantitative estimate of drug-likeness (QED) is 0.126. The van der Waals surface area contributed by atoms with Gasteiger partial charge in [0.15, 0.2) is 0 Å². The first-order valence-corrected chi connectivity index (χ1v) is 19.0. The maximum Gasteiger partial charge on any atom is 0.0340 e. The maximum absolute atomic E-state index is 3.61. The highest BCUT2D eigenvalue weighted by atomic mass is 14.2. The zero-order chi connectivity index (χ0) is 37.3. The molecule has 0 saturated heterocycles. The molecule has 0 aromatic heterocycles. The summed E-state index contributed by atoms with van der Waals surface area (Å²) in [4.78, 5) is 0. The summed E-state index contributed by atoms with van der Waals surface area (Å²) >= 11 is 0. The van der Waals surface area contributed by atoms with Gasteiger partial charge in [-0.25, -0.2) is 0 Å². The molecule has 0 aliphatic carbocycles. The fourth-order valence-corrected chi connectivity index (χ4v) is 7.95. The highest BCUT2D eigenvalue weighted by Gasteiger charge is 2.19. The molecule has 0 radical (unpaired) electrons. The van der Waals surface area contributed by atoms with Crippen molar-refractivity contribution in [1.82, 2.24) is 0 Å². The van der Waals surface area contributed by atoms with Crippen molar-refractivity contribution in [1.29, 1.82) is 0 Å². The Bertz CT molecular complexity index is 2910. The standard InChI is InChI=1S/C56H34/c1-5-13-41(14-6-1)43-27-21-39(22-28-43)25-31-47-37-48(32-26-40-23-29-44(30-24-40)42-15-7-2-8-16-42)50-34-36-52-54(46-19-11-4-12-20-46)38-53(45-17-9-3-10-18-45)51-35-33-49(47)55(50)56(51)52/h1-24,27-30,33-38H. The second-order valence-corrected chi connectivity index (χ2v) is 14.1. The molecular formula is C56H34. The topological polar surface area (TPSA) is 0 Å². The van der Waals surface area contributed by atoms with E-state index in [1.165, 1.54) is 66.1 Å². The number of hydrogen-bond donors (Lipinski definition) is 0. The van der Waals surface area contributed by atoms with Crippen LogP contribution in [0.2, 0.25) is 0 Å². The summed E-state index contributed by atoms with van der Waals surface area (Å²) < 4.78 is 0. The van der Waals surface area contributed by atoms with E-state index in [0.717, 1.165) is 33.0 Å². The average molecular weight is 707 g/mol. The summed E-state index contributed by atoms with van der Waals surface area (Å²) in [5.41, 5.74) is 13.4. The minimum absolute atomic E-state index is 0.967. The first kappa shape index (κ1) is 33.0. The van der Waals surface area contributed by atoms with E-state index < -0.39 is 0 Å². The van der Waals surface area contributed by atoms with Gasteiger partial charge in [-0.3, -0.25) is 0 Å². The maximum atomic E-state index is 3.61. The molecule has 0 atom stereocenters. The molecule has 0 amide bonds. The number of rotatable bonds is 4. The summed E-state index contributed by atoms with van der Waals surface area (Å²) in [5.74, 6) is 14.3. The van der Waals surface area contributed by atoms with Crippen molar-refractivity contribution in [2.75, 3.05) is 0 Å². The Kier molecular flexibility index (Phi) is 8.42. The SMILES string of the molecule is C(#Cc1cc(C#Cc2ccc(-c3ccccc3)cc2)c2ccc3c(-c4ccccc4)cc(-c4ccccc4)c4ccc1c2c43)c1ccc(-c2ccccc2)cc1. The van der Waals surface area contributed by atoms with Crippen LogP contribution in [0.1, 0.15) is 22.3 Å². The Morgan fingerprint density at radius 1 is 0.232 bits per heavy atom. The van der Waals surface area contributed by atoms with E-state index >= 15 is 0 Å². The smallest absolute Gasteiger partial charge is 0.0340 e. The van der Waals surface area contributed by atoms with Crippen molar-refractivity contribution in [3.05, 3.63) is 229 Å². The van der Waals surface area contributed by atoms with Crippen LogP contribution in [0.3, 0.4) is 0 Å². The fourth-order valence-electron chi connectivity index (χ4n) is 7.95. The van der Waals surface area contributed by atoms with Gasteiger partial charge in [0.1, 0.15) is 0 Å². The van der Waals surface area contributed by atoms with Gasteiger partial charge in [0.2, 0.25) is 0 Å². The molecule has 0 nitrogen and oxygen atoms in total. The molecule has 0 N–H and O–H groups in total. The van der Waals surface area contributed by atoms with Crippen molar-refractivity contribution in [2.45, 2.75) is 0 Å². The van der Waals surface area contributed by atoms with E-state index in [4.69, 9.17) is 0 Å². The molecule has 56 heavy (non-hydrogen) atoms. The Hall–Kier alpha value is -7.64. The zero-order valence-electron chi connectivity index (χ0n) is 30.6. The molecule has 10 aromatic rings. The van der Waals surface area contributed by atoms with Gasteiger partial charge in [-0.15, -0.1) is 0 Å². The lowest BCUT2D eigenvalue weighted by atomic mass is 9.83. The van der Waals surface area contributed by atoms with Crippen LogP contribution < -0.4 is 0 Å². The van der Waals surface area contributed by atoms with Crippen molar-refractivity contribution in [3.63, 3.8) is 0 Å². The van der Waals surface area contributed by atoms with Crippen LogP contribution in [0, 0.1) is 23.7 Å². The Labute approximate surface area is 327 Å². The average Bonchev–Trinajstić information content (AvgIpc) is 3.28. The van der Waals surface area contributed by atoms with Gasteiger partial charge in [-0.05, 0) is 113 Å². The highest BCUT2D eigenvalue weighted by molar-refractivity contribution is 6.29. The lowest BCUT2D eigenvalue weighted by Crippen LogP contribution is -1.94. The Morgan fingerprint density at radius 2 is 0.554 bits per heavy atom. The molecule has 0 spiro atoms. The third-order valence-corrected chi connectivity index (χ3v) is 10.7. The van der Waals surface area contributed by atoms with Gasteiger partial charge in [0.05, 0.1) is 0 Å². The normalized spacial score (nSPS) is 10.9. The van der Waals surface area contributed by atoms with E-state index in [1.54, 1.807) is 0 Å². The Balaban J connectivity index is 1.19. The summed E-state index contributed by atoms with van der Waals surface area (Å²) in [6.07, 6.45) is 0. The van der Waals surface area contributed by atoms with E-state index in [1.807, 2.05) is 12.1 Å². The molecule has 258 valence electrons. The van der Waals surface area contributed by atoms with Gasteiger partial charge < -0.3 is 0 Å². The van der Waals surface area contributed by atoms with Crippen molar-refractivity contribution < 1.29 is 0 Å². The lowest BCUT2D eigenvalue weighted by molar-refractivity contribution is 1.59. The van der Waals surface area contributed by atoms with Crippen LogP contribution in [-0.2, 0) is 0 Å². The van der Waals surface area contributed by atoms with Crippen molar-refractivity contribution in [2.24, 2.45) is 0 Å². The second-order valence-electron chi connectivity index (χ2n) is 14.1. The van der Waals surface area contributed by atoms with Crippen LogP contribution >= 0.6 is 0 Å². The van der Waals surface area contributed by atoms with Gasteiger partial charge in [-0.2, -0.15) is 0 Å². The predicted octanol–water partition coefficient (Wildman–Crippen LogP) is 14.1. The minimum atomic E-state index is 0.967. The molecular weight excluding hydrogens is 673 g/mol. The Morgan fingerprint density at radius 3 is 0.946 bits per heavy atom. The predicted molar refractivity (Wildman–Crippen MR) is 237 cm³/mol. The van der Waals surface area contributed by atoms with E-state index in [0.29, 0.717) is 0 Å². The van der Waals surface area contributed by atoms with Crippen LogP contribution in [0.4, 0.5) is 0 Å². The third kappa shape index (κ3) is 6.17. The van der Waals surface area contributed by atoms with Crippen molar-refractivity contribution in [3.8, 4) is 68.2 Å². The largest absolute Gasteiger partial charge is 0.0622 e. The molecule has 0 heteroatoms. The molecule has 10 aromatic carbocycles. The van der Waals surface area contributed by atoms with Crippen LogP contribution in [0.15, 0.2) is 206 Å². The first-order valence-electron chi connectivity index (χ1n) is 19.0. The zero-order valence-corrected chi connectivity index (χ0v) is 30.6. The van der Waals surface area contributed by atoms with Gasteiger partial charge in [0.25, 0.3) is 0 Å². The molecule has 10 rings (SSSR count). The van der Waals surface area contributed by atoms with Gasteiger partial charge in [-0.1, -0.05) is 194 Å². The summed E-state index contributed by atoms with van der Waals surface area (Å²) in [6.45, 7) is 0. The lowest BCUT2D eigenvalue weighted by Gasteiger charge is -2.19. The molecule has 0 heterocycles. The van der Waals surface area contributed by atoms with Crippen LogP contribution in [-0.4, -0.2) is 0 Å². The van der Waals surface area contributed by atoms with Crippen LogP contribution in [0.5, 0.6) is 0 Å². The summed E-state index contributed by atoms with van der Waals surface area (Å²) in [6, 6.07) is 73.2. The monoisotopic (exact) mass is 706 g/mol. The molecule has 0 fully saturated rings. The van der Waals surface area contributed by atoms with Crippen molar-refractivity contribution >= 4 is 32.3 Å². The number of benzene rings is 10. The third-order valence-electron chi connectivity index (χ3n) is 10.7. The van der Waals surface area contributed by atoms with E-state index in [2.05, 4.69) is 218 Å². The molecule has 0 aliphatic heterocycles. The first-order chi connectivity index (χ1) is 27.8. The summed E-state index contributed by atoms with van der Waals surface area (Å²) in [7, 11) is 0. The van der Waals surface area contributed by atoms with E-state index in [-0.39, 0.29) is 0 Å². The number of hydrogen-bond acceptors (Lipinski definition) is 0. The van der Waals surface area contributed by atoms with Crippen LogP contribution in [0.25, 0.3) is 76.8 Å². The summed E-state index contributed by atoms with van der Waals surface area (Å²) in [5, 5.41) is 7.15. The van der Waals surface area contributed by atoms with Gasteiger partial charge >= 0.3 is 0 Å². The molecule has 0 bridgehead atoms. The minimum Gasteiger partial charge on any atom is -0.0622 e. The highest BCUT2D eigenvalue weighted by Crippen LogP contribution is 2.45.